The summed E-state index contributed by atoms with van der Waals surface area (Å²) in [6, 6.07) is 23.5. The topological polar surface area (TPSA) is 67.2 Å². The second-order valence-electron chi connectivity index (χ2n) is 7.66. The SMILES string of the molecule is O=C(NN1C(=O)C(=Cc2cn(-c3ccccc3)nc2-c2ccc(Cl)cc2)SC1=S)c1ccccc1Cl. The monoisotopic (exact) mass is 550 g/mol. The van der Waals surface area contributed by atoms with Gasteiger partial charge in [-0.2, -0.15) is 10.1 Å². The molecular formula is C26H16Cl2N4O2S2. The van der Waals surface area contributed by atoms with E-state index in [1.54, 1.807) is 47.2 Å². The number of benzene rings is 3. The first-order chi connectivity index (χ1) is 17.4. The number of amides is 2. The molecule has 0 radical (unpaired) electrons. The molecule has 4 aromatic rings. The van der Waals surface area contributed by atoms with Crippen LogP contribution in [0, 0.1) is 0 Å². The van der Waals surface area contributed by atoms with Crippen LogP contribution in [0.25, 0.3) is 23.0 Å². The van der Waals surface area contributed by atoms with Crippen molar-refractivity contribution in [2.24, 2.45) is 0 Å². The lowest BCUT2D eigenvalue weighted by atomic mass is 10.1. The van der Waals surface area contributed by atoms with Gasteiger partial charge in [0, 0.05) is 22.3 Å². The Kier molecular flexibility index (Phi) is 6.93. The maximum Gasteiger partial charge on any atom is 0.285 e. The molecule has 6 nitrogen and oxygen atoms in total. The maximum absolute atomic E-state index is 13.2. The van der Waals surface area contributed by atoms with E-state index >= 15 is 0 Å². The van der Waals surface area contributed by atoms with Gasteiger partial charge in [0.25, 0.3) is 11.8 Å². The second-order valence-corrected chi connectivity index (χ2v) is 10.2. The molecule has 5 rings (SSSR count). The van der Waals surface area contributed by atoms with Crippen LogP contribution in [0.3, 0.4) is 0 Å². The molecule has 0 bridgehead atoms. The summed E-state index contributed by atoms with van der Waals surface area (Å²) in [6.45, 7) is 0. The molecule has 1 aromatic heterocycles. The molecule has 0 aliphatic carbocycles. The van der Waals surface area contributed by atoms with Crippen LogP contribution in [0.4, 0.5) is 0 Å². The number of carbonyl (C=O) groups excluding carboxylic acids is 2. The fourth-order valence-corrected chi connectivity index (χ4v) is 5.07. The number of nitrogens with zero attached hydrogens (tertiary/aromatic N) is 3. The summed E-state index contributed by atoms with van der Waals surface area (Å²) in [5.74, 6) is -0.975. The highest BCUT2D eigenvalue weighted by Crippen LogP contribution is 2.34. The van der Waals surface area contributed by atoms with E-state index in [9.17, 15) is 9.59 Å². The van der Waals surface area contributed by atoms with Crippen molar-refractivity contribution in [3.05, 3.63) is 111 Å². The minimum absolute atomic E-state index is 0.204. The first-order valence-corrected chi connectivity index (χ1v) is 12.6. The van der Waals surface area contributed by atoms with Crippen molar-refractivity contribution in [1.29, 1.82) is 0 Å². The number of hydrazine groups is 1. The van der Waals surface area contributed by atoms with Crippen molar-refractivity contribution >= 4 is 69.4 Å². The number of thioether (sulfide) groups is 1. The van der Waals surface area contributed by atoms with Gasteiger partial charge in [0.05, 0.1) is 26.9 Å². The Hall–Kier alpha value is -3.43. The Labute approximate surface area is 226 Å². The Morgan fingerprint density at radius 3 is 2.39 bits per heavy atom. The van der Waals surface area contributed by atoms with Gasteiger partial charge in [0.15, 0.2) is 4.32 Å². The first-order valence-electron chi connectivity index (χ1n) is 10.7. The van der Waals surface area contributed by atoms with Crippen molar-refractivity contribution in [1.82, 2.24) is 20.2 Å². The second kappa shape index (κ2) is 10.3. The average Bonchev–Trinajstić information content (AvgIpc) is 3.42. The lowest BCUT2D eigenvalue weighted by molar-refractivity contribution is -0.123. The molecule has 2 amide bonds. The standard InChI is InChI=1S/C26H16Cl2N4O2S2/c27-18-12-10-16(11-13-18)23-17(15-31(29-23)19-6-2-1-3-7-19)14-22-25(34)32(26(35)36-22)30-24(33)20-8-4-5-9-21(20)28/h1-15H,(H,30,33). The van der Waals surface area contributed by atoms with Crippen molar-refractivity contribution in [3.8, 4) is 16.9 Å². The van der Waals surface area contributed by atoms with Gasteiger partial charge in [-0.3, -0.25) is 15.0 Å². The average molecular weight is 551 g/mol. The van der Waals surface area contributed by atoms with Gasteiger partial charge in [0.2, 0.25) is 0 Å². The molecule has 0 spiro atoms. The zero-order valence-electron chi connectivity index (χ0n) is 18.4. The van der Waals surface area contributed by atoms with Gasteiger partial charge in [-0.1, -0.05) is 77.4 Å². The van der Waals surface area contributed by atoms with Crippen LogP contribution in [-0.4, -0.2) is 30.9 Å². The summed E-state index contributed by atoms with van der Waals surface area (Å²) in [5, 5.41) is 6.70. The molecule has 1 aliphatic rings. The molecule has 36 heavy (non-hydrogen) atoms. The normalized spacial score (nSPS) is 14.5. The largest absolute Gasteiger partial charge is 0.285 e. The van der Waals surface area contributed by atoms with E-state index in [1.165, 1.54) is 0 Å². The van der Waals surface area contributed by atoms with Crippen molar-refractivity contribution in [3.63, 3.8) is 0 Å². The predicted molar refractivity (Wildman–Crippen MR) is 148 cm³/mol. The highest BCUT2D eigenvalue weighted by Gasteiger charge is 2.34. The van der Waals surface area contributed by atoms with Crippen LogP contribution in [0.2, 0.25) is 10.0 Å². The highest BCUT2D eigenvalue weighted by molar-refractivity contribution is 8.26. The van der Waals surface area contributed by atoms with Gasteiger partial charge >= 0.3 is 0 Å². The Morgan fingerprint density at radius 2 is 1.67 bits per heavy atom. The van der Waals surface area contributed by atoms with Crippen molar-refractivity contribution < 1.29 is 9.59 Å². The third-order valence-corrected chi connectivity index (χ3v) is 7.18. The van der Waals surface area contributed by atoms with Gasteiger partial charge in [-0.05, 0) is 54.7 Å². The van der Waals surface area contributed by atoms with E-state index in [-0.39, 0.29) is 14.9 Å². The summed E-state index contributed by atoms with van der Waals surface area (Å²) in [4.78, 5) is 26.3. The molecular weight excluding hydrogens is 535 g/mol. The molecule has 0 atom stereocenters. The minimum Gasteiger partial charge on any atom is -0.267 e. The summed E-state index contributed by atoms with van der Waals surface area (Å²) in [6.07, 6.45) is 3.56. The molecule has 2 heterocycles. The lowest BCUT2D eigenvalue weighted by Gasteiger charge is -2.16. The van der Waals surface area contributed by atoms with Crippen LogP contribution in [0.15, 0.2) is 90.0 Å². The van der Waals surface area contributed by atoms with E-state index < -0.39 is 11.8 Å². The fourth-order valence-electron chi connectivity index (χ4n) is 3.55. The quantitative estimate of drug-likeness (QED) is 0.230. The highest BCUT2D eigenvalue weighted by atomic mass is 35.5. The summed E-state index contributed by atoms with van der Waals surface area (Å²) in [7, 11) is 0. The van der Waals surface area contributed by atoms with Crippen LogP contribution >= 0.6 is 47.2 Å². The molecule has 1 saturated heterocycles. The number of aromatic nitrogens is 2. The van der Waals surface area contributed by atoms with Gasteiger partial charge in [0.1, 0.15) is 0 Å². The van der Waals surface area contributed by atoms with Gasteiger partial charge in [-0.25, -0.2) is 4.68 Å². The van der Waals surface area contributed by atoms with Gasteiger partial charge in [-0.15, -0.1) is 0 Å². The summed E-state index contributed by atoms with van der Waals surface area (Å²) < 4.78 is 1.95. The molecule has 178 valence electrons. The molecule has 0 unspecified atom stereocenters. The fraction of sp³-hybridized carbons (Fsp3) is 0. The van der Waals surface area contributed by atoms with Crippen LogP contribution in [0.5, 0.6) is 0 Å². The first kappa shape index (κ1) is 24.3. The van der Waals surface area contributed by atoms with Crippen LogP contribution in [0.1, 0.15) is 15.9 Å². The van der Waals surface area contributed by atoms with E-state index in [4.69, 9.17) is 40.5 Å². The molecule has 10 heteroatoms. The van der Waals surface area contributed by atoms with E-state index in [1.807, 2.05) is 48.7 Å². The Morgan fingerprint density at radius 1 is 0.972 bits per heavy atom. The summed E-state index contributed by atoms with van der Waals surface area (Å²) in [5.41, 5.74) is 5.88. The smallest absolute Gasteiger partial charge is 0.267 e. The zero-order valence-corrected chi connectivity index (χ0v) is 21.5. The van der Waals surface area contributed by atoms with Crippen molar-refractivity contribution in [2.45, 2.75) is 0 Å². The van der Waals surface area contributed by atoms with Gasteiger partial charge < -0.3 is 0 Å². The third-order valence-electron chi connectivity index (χ3n) is 5.29. The Bertz CT molecular complexity index is 1520. The lowest BCUT2D eigenvalue weighted by Crippen LogP contribution is -2.44. The number of hydrogen-bond donors (Lipinski definition) is 1. The number of para-hydroxylation sites is 1. The maximum atomic E-state index is 13.2. The Balaban J connectivity index is 1.48. The number of halogens is 2. The van der Waals surface area contributed by atoms with Crippen molar-refractivity contribution in [2.75, 3.05) is 0 Å². The number of hydrogen-bond acceptors (Lipinski definition) is 5. The van der Waals surface area contributed by atoms with E-state index in [0.29, 0.717) is 21.2 Å². The third kappa shape index (κ3) is 4.94. The number of rotatable bonds is 5. The molecule has 1 N–H and O–H groups in total. The molecule has 3 aromatic carbocycles. The number of carbonyl (C=O) groups is 2. The minimum atomic E-state index is -0.531. The van der Waals surface area contributed by atoms with Crippen LogP contribution < -0.4 is 5.43 Å². The number of thiocarbonyl (C=S) groups is 1. The van der Waals surface area contributed by atoms with E-state index in [0.717, 1.165) is 28.0 Å². The zero-order chi connectivity index (χ0) is 25.2. The molecule has 1 fully saturated rings. The molecule has 0 saturated carbocycles. The van der Waals surface area contributed by atoms with E-state index in [2.05, 4.69) is 5.43 Å². The summed E-state index contributed by atoms with van der Waals surface area (Å²) >= 11 is 18.7. The van der Waals surface area contributed by atoms with Crippen LogP contribution in [-0.2, 0) is 4.79 Å². The molecule has 1 aliphatic heterocycles. The number of nitrogens with one attached hydrogen (secondary N) is 1. The predicted octanol–water partition coefficient (Wildman–Crippen LogP) is 6.39.